The summed E-state index contributed by atoms with van der Waals surface area (Å²) in [5.41, 5.74) is -0.0742. The summed E-state index contributed by atoms with van der Waals surface area (Å²) < 4.78 is 9.59. The number of nitrogens with one attached hydrogen (secondary N) is 1. The molecule has 0 unspecified atom stereocenters. The van der Waals surface area contributed by atoms with E-state index in [1.54, 1.807) is 6.07 Å². The first-order valence-electron chi connectivity index (χ1n) is 4.66. The fraction of sp³-hybridized carbons (Fsp3) is 0.100. The number of hydrogen-bond acceptors (Lipinski definition) is 5. The van der Waals surface area contributed by atoms with Crippen molar-refractivity contribution >= 4 is 11.9 Å². The Balaban J connectivity index is 1.97. The van der Waals surface area contributed by atoms with E-state index in [4.69, 9.17) is 14.0 Å². The maximum absolute atomic E-state index is 11.5. The van der Waals surface area contributed by atoms with Gasteiger partial charge in [-0.05, 0) is 0 Å². The maximum Gasteiger partial charge on any atom is 0.338 e. The monoisotopic (exact) mass is 236 g/mol. The van der Waals surface area contributed by atoms with E-state index in [0.29, 0.717) is 5.76 Å². The first-order chi connectivity index (χ1) is 8.16. The van der Waals surface area contributed by atoms with E-state index < -0.39 is 11.9 Å². The number of carboxylic acids is 1. The molecule has 0 spiro atoms. The van der Waals surface area contributed by atoms with Gasteiger partial charge in [-0.3, -0.25) is 4.79 Å². The fourth-order valence-electron chi connectivity index (χ4n) is 1.16. The standard InChI is InChI=1S/C10H8N2O5/c13-9(11-4-7-1-2-12-17-7)8-3-6(5-16-8)10(14)15/h1-3,5H,4H2,(H,11,13)(H,14,15). The average molecular weight is 236 g/mol. The number of aromatic nitrogens is 1. The lowest BCUT2D eigenvalue weighted by molar-refractivity contribution is 0.0696. The van der Waals surface area contributed by atoms with Crippen LogP contribution >= 0.6 is 0 Å². The predicted octanol–water partition coefficient (Wildman–Crippen LogP) is 0.896. The lowest BCUT2D eigenvalue weighted by Gasteiger charge is -1.98. The molecule has 0 aliphatic heterocycles. The van der Waals surface area contributed by atoms with Crippen molar-refractivity contribution in [3.8, 4) is 0 Å². The summed E-state index contributed by atoms with van der Waals surface area (Å²) in [6, 6.07) is 2.75. The molecule has 0 bridgehead atoms. The van der Waals surface area contributed by atoms with Crippen LogP contribution in [0.4, 0.5) is 0 Å². The summed E-state index contributed by atoms with van der Waals surface area (Å²) in [6.07, 6.45) is 2.46. The SMILES string of the molecule is O=C(O)c1coc(C(=O)NCc2ccno2)c1. The van der Waals surface area contributed by atoms with Gasteiger partial charge in [0.05, 0.1) is 18.3 Å². The van der Waals surface area contributed by atoms with Crippen LogP contribution in [0.3, 0.4) is 0 Å². The second-order valence-corrected chi connectivity index (χ2v) is 3.17. The summed E-state index contributed by atoms with van der Waals surface area (Å²) in [7, 11) is 0. The molecule has 0 aromatic carbocycles. The van der Waals surface area contributed by atoms with E-state index in [2.05, 4.69) is 10.5 Å². The molecule has 2 aromatic heterocycles. The lowest BCUT2D eigenvalue weighted by atomic mass is 10.3. The Hall–Kier alpha value is -2.57. The Morgan fingerprint density at radius 3 is 2.88 bits per heavy atom. The highest BCUT2D eigenvalue weighted by atomic mass is 16.5. The van der Waals surface area contributed by atoms with Crippen molar-refractivity contribution in [1.82, 2.24) is 10.5 Å². The first kappa shape index (κ1) is 10.9. The van der Waals surface area contributed by atoms with Crippen molar-refractivity contribution in [3.05, 3.63) is 41.7 Å². The zero-order chi connectivity index (χ0) is 12.3. The Morgan fingerprint density at radius 1 is 1.47 bits per heavy atom. The Labute approximate surface area is 95.0 Å². The molecular formula is C10H8N2O5. The van der Waals surface area contributed by atoms with E-state index in [1.165, 1.54) is 6.20 Å². The summed E-state index contributed by atoms with van der Waals surface area (Å²) in [5, 5.41) is 14.6. The Morgan fingerprint density at radius 2 is 2.29 bits per heavy atom. The van der Waals surface area contributed by atoms with Crippen LogP contribution in [0.2, 0.25) is 0 Å². The number of carboxylic acid groups (broad SMARTS) is 1. The number of rotatable bonds is 4. The molecule has 0 atom stereocenters. The highest BCUT2D eigenvalue weighted by Gasteiger charge is 2.14. The van der Waals surface area contributed by atoms with Crippen molar-refractivity contribution in [2.75, 3.05) is 0 Å². The minimum atomic E-state index is -1.15. The van der Waals surface area contributed by atoms with Gasteiger partial charge in [-0.2, -0.15) is 0 Å². The summed E-state index contributed by atoms with van der Waals surface area (Å²) >= 11 is 0. The third-order valence-corrected chi connectivity index (χ3v) is 1.98. The number of aromatic carboxylic acids is 1. The molecule has 1 amide bonds. The Kier molecular flexibility index (Phi) is 2.91. The molecule has 17 heavy (non-hydrogen) atoms. The van der Waals surface area contributed by atoms with Crippen LogP contribution in [-0.2, 0) is 6.54 Å². The number of hydrogen-bond donors (Lipinski definition) is 2. The van der Waals surface area contributed by atoms with Gasteiger partial charge in [0.2, 0.25) is 0 Å². The van der Waals surface area contributed by atoms with Gasteiger partial charge >= 0.3 is 5.97 Å². The van der Waals surface area contributed by atoms with E-state index in [1.807, 2.05) is 0 Å². The molecule has 0 saturated heterocycles. The van der Waals surface area contributed by atoms with E-state index >= 15 is 0 Å². The molecule has 0 aliphatic carbocycles. The van der Waals surface area contributed by atoms with E-state index in [0.717, 1.165) is 12.3 Å². The highest BCUT2D eigenvalue weighted by molar-refractivity contribution is 5.95. The van der Waals surface area contributed by atoms with Gasteiger partial charge in [-0.25, -0.2) is 4.79 Å². The zero-order valence-electron chi connectivity index (χ0n) is 8.54. The third-order valence-electron chi connectivity index (χ3n) is 1.98. The molecule has 88 valence electrons. The number of furan rings is 1. The number of carbonyl (C=O) groups is 2. The lowest BCUT2D eigenvalue weighted by Crippen LogP contribution is -2.21. The van der Waals surface area contributed by atoms with Crippen LogP contribution in [0.25, 0.3) is 0 Å². The van der Waals surface area contributed by atoms with Crippen molar-refractivity contribution in [3.63, 3.8) is 0 Å². The molecule has 2 N–H and O–H groups in total. The molecular weight excluding hydrogens is 228 g/mol. The van der Waals surface area contributed by atoms with Crippen molar-refractivity contribution in [2.45, 2.75) is 6.54 Å². The number of nitrogens with zero attached hydrogens (tertiary/aromatic N) is 1. The van der Waals surface area contributed by atoms with Crippen LogP contribution in [0.15, 0.2) is 33.5 Å². The van der Waals surface area contributed by atoms with Crippen LogP contribution in [0.1, 0.15) is 26.7 Å². The number of amides is 1. The molecule has 7 heteroatoms. The van der Waals surface area contributed by atoms with Gasteiger partial charge in [0.1, 0.15) is 6.26 Å². The van der Waals surface area contributed by atoms with E-state index in [9.17, 15) is 9.59 Å². The molecule has 2 aromatic rings. The van der Waals surface area contributed by atoms with Crippen LogP contribution in [0, 0.1) is 0 Å². The molecule has 7 nitrogen and oxygen atoms in total. The van der Waals surface area contributed by atoms with Gasteiger partial charge in [0.15, 0.2) is 11.5 Å². The topological polar surface area (TPSA) is 106 Å². The Bertz CT molecular complexity index is 529. The second kappa shape index (κ2) is 4.52. The normalized spacial score (nSPS) is 10.1. The third kappa shape index (κ3) is 2.51. The molecule has 0 saturated carbocycles. The quantitative estimate of drug-likeness (QED) is 0.816. The highest BCUT2D eigenvalue weighted by Crippen LogP contribution is 2.08. The molecule has 2 heterocycles. The first-order valence-corrected chi connectivity index (χ1v) is 4.66. The second-order valence-electron chi connectivity index (χ2n) is 3.17. The van der Waals surface area contributed by atoms with Crippen molar-refractivity contribution < 1.29 is 23.6 Å². The molecule has 0 radical (unpaired) electrons. The van der Waals surface area contributed by atoms with Crippen molar-refractivity contribution in [1.29, 1.82) is 0 Å². The van der Waals surface area contributed by atoms with Gasteiger partial charge < -0.3 is 19.4 Å². The predicted molar refractivity (Wildman–Crippen MR) is 53.3 cm³/mol. The van der Waals surface area contributed by atoms with Gasteiger partial charge in [0, 0.05) is 12.1 Å². The smallest absolute Gasteiger partial charge is 0.338 e. The van der Waals surface area contributed by atoms with Crippen LogP contribution in [0.5, 0.6) is 0 Å². The summed E-state index contributed by atoms with van der Waals surface area (Å²) in [5.74, 6) is -1.25. The minimum Gasteiger partial charge on any atom is -0.478 e. The summed E-state index contributed by atoms with van der Waals surface area (Å²) in [6.45, 7) is 0.155. The van der Waals surface area contributed by atoms with Gasteiger partial charge in [-0.1, -0.05) is 5.16 Å². The maximum atomic E-state index is 11.5. The molecule has 0 aliphatic rings. The largest absolute Gasteiger partial charge is 0.478 e. The van der Waals surface area contributed by atoms with Crippen LogP contribution in [-0.4, -0.2) is 22.1 Å². The average Bonchev–Trinajstić information content (AvgIpc) is 2.96. The minimum absolute atomic E-state index is 0.0677. The summed E-state index contributed by atoms with van der Waals surface area (Å²) in [4.78, 5) is 22.1. The van der Waals surface area contributed by atoms with Crippen molar-refractivity contribution in [2.24, 2.45) is 0 Å². The van der Waals surface area contributed by atoms with Gasteiger partial charge in [-0.15, -0.1) is 0 Å². The van der Waals surface area contributed by atoms with Crippen LogP contribution < -0.4 is 5.32 Å². The fourth-order valence-corrected chi connectivity index (χ4v) is 1.16. The molecule has 0 fully saturated rings. The van der Waals surface area contributed by atoms with Gasteiger partial charge in [0.25, 0.3) is 5.91 Å². The number of carbonyl (C=O) groups excluding carboxylic acids is 1. The zero-order valence-corrected chi connectivity index (χ0v) is 8.54. The molecule has 2 rings (SSSR count). The van der Waals surface area contributed by atoms with E-state index in [-0.39, 0.29) is 17.9 Å².